The van der Waals surface area contributed by atoms with Crippen LogP contribution >= 0.6 is 0 Å². The third kappa shape index (κ3) is 3.99. The average molecular weight is 396 g/mol. The van der Waals surface area contributed by atoms with Crippen LogP contribution in [0.15, 0.2) is 24.3 Å². The van der Waals surface area contributed by atoms with Gasteiger partial charge in [0.25, 0.3) is 11.8 Å². The summed E-state index contributed by atoms with van der Waals surface area (Å²) in [5, 5.41) is 2.90. The number of para-hydroxylation sites is 2. The summed E-state index contributed by atoms with van der Waals surface area (Å²) in [5.74, 6) is 0.553. The Morgan fingerprint density at radius 2 is 1.72 bits per heavy atom. The van der Waals surface area contributed by atoms with E-state index in [9.17, 15) is 9.59 Å². The minimum atomic E-state index is -0.312. The molecule has 29 heavy (non-hydrogen) atoms. The lowest BCUT2D eigenvalue weighted by Gasteiger charge is -2.21. The Morgan fingerprint density at radius 3 is 2.48 bits per heavy atom. The van der Waals surface area contributed by atoms with Gasteiger partial charge in [-0.25, -0.2) is 4.98 Å². The Balaban J connectivity index is 1.64. The van der Waals surface area contributed by atoms with Crippen LogP contribution in [0, 0.1) is 0 Å². The summed E-state index contributed by atoms with van der Waals surface area (Å²) in [6.45, 7) is 2.26. The van der Waals surface area contributed by atoms with E-state index in [0.717, 1.165) is 63.7 Å². The SMILES string of the molecule is COc1ccccc1NC(=O)c1nc(C(=O)N2CCCCCC2)c2n1CCCC2. The van der Waals surface area contributed by atoms with Crippen molar-refractivity contribution in [2.24, 2.45) is 0 Å². The molecule has 7 heteroatoms. The van der Waals surface area contributed by atoms with Gasteiger partial charge in [0.1, 0.15) is 11.4 Å². The number of nitrogens with zero attached hydrogens (tertiary/aromatic N) is 3. The molecule has 0 bridgehead atoms. The maximum Gasteiger partial charge on any atom is 0.291 e. The van der Waals surface area contributed by atoms with Crippen molar-refractivity contribution in [1.82, 2.24) is 14.5 Å². The first-order valence-electron chi connectivity index (χ1n) is 10.5. The Hall–Kier alpha value is -2.83. The molecule has 7 nitrogen and oxygen atoms in total. The fourth-order valence-electron chi connectivity index (χ4n) is 4.24. The van der Waals surface area contributed by atoms with Crippen LogP contribution in [0.4, 0.5) is 5.69 Å². The molecule has 2 aliphatic rings. The zero-order chi connectivity index (χ0) is 20.2. The summed E-state index contributed by atoms with van der Waals surface area (Å²) in [4.78, 5) is 32.7. The van der Waals surface area contributed by atoms with E-state index in [-0.39, 0.29) is 11.8 Å². The molecule has 0 saturated carbocycles. The molecule has 1 fully saturated rings. The highest BCUT2D eigenvalue weighted by Gasteiger charge is 2.30. The van der Waals surface area contributed by atoms with E-state index in [2.05, 4.69) is 10.3 Å². The maximum atomic E-state index is 13.2. The van der Waals surface area contributed by atoms with Crippen LogP contribution in [0.5, 0.6) is 5.75 Å². The number of hydrogen-bond acceptors (Lipinski definition) is 4. The number of methoxy groups -OCH3 is 1. The Kier molecular flexibility index (Phi) is 5.83. The quantitative estimate of drug-likeness (QED) is 0.858. The second kappa shape index (κ2) is 8.68. The highest BCUT2D eigenvalue weighted by molar-refractivity contribution is 6.04. The molecule has 0 spiro atoms. The molecular formula is C22H28N4O3. The van der Waals surface area contributed by atoms with E-state index >= 15 is 0 Å². The monoisotopic (exact) mass is 396 g/mol. The average Bonchev–Trinajstić information content (AvgIpc) is 2.93. The largest absolute Gasteiger partial charge is 0.495 e. The molecule has 4 rings (SSSR count). The maximum absolute atomic E-state index is 13.2. The topological polar surface area (TPSA) is 76.5 Å². The molecule has 0 aliphatic carbocycles. The van der Waals surface area contributed by atoms with Crippen LogP contribution in [0.3, 0.4) is 0 Å². The number of benzene rings is 1. The van der Waals surface area contributed by atoms with E-state index in [1.54, 1.807) is 19.2 Å². The predicted molar refractivity (Wildman–Crippen MR) is 110 cm³/mol. The molecule has 1 saturated heterocycles. The first-order valence-corrected chi connectivity index (χ1v) is 10.5. The smallest absolute Gasteiger partial charge is 0.291 e. The zero-order valence-corrected chi connectivity index (χ0v) is 16.9. The van der Waals surface area contributed by atoms with Crippen LogP contribution in [0.25, 0.3) is 0 Å². The number of anilines is 1. The molecule has 2 amide bonds. The van der Waals surface area contributed by atoms with Crippen molar-refractivity contribution in [3.8, 4) is 5.75 Å². The minimum absolute atomic E-state index is 0.0334. The second-order valence-corrected chi connectivity index (χ2v) is 7.70. The number of rotatable bonds is 4. The summed E-state index contributed by atoms with van der Waals surface area (Å²) in [6.07, 6.45) is 7.17. The molecule has 1 aromatic heterocycles. The number of carbonyl (C=O) groups excluding carboxylic acids is 2. The van der Waals surface area contributed by atoms with Gasteiger partial charge in [0.2, 0.25) is 0 Å². The normalized spacial score (nSPS) is 16.7. The van der Waals surface area contributed by atoms with E-state index in [0.29, 0.717) is 29.5 Å². The minimum Gasteiger partial charge on any atom is -0.495 e. The van der Waals surface area contributed by atoms with E-state index < -0.39 is 0 Å². The van der Waals surface area contributed by atoms with Crippen LogP contribution in [0.2, 0.25) is 0 Å². The summed E-state index contributed by atoms with van der Waals surface area (Å²) in [5.41, 5.74) is 1.95. The first kappa shape index (κ1) is 19.5. The van der Waals surface area contributed by atoms with Crippen LogP contribution < -0.4 is 10.1 Å². The fraction of sp³-hybridized carbons (Fsp3) is 0.500. The van der Waals surface area contributed by atoms with E-state index in [4.69, 9.17) is 4.74 Å². The van der Waals surface area contributed by atoms with Gasteiger partial charge in [0, 0.05) is 19.6 Å². The lowest BCUT2D eigenvalue weighted by Crippen LogP contribution is -2.33. The van der Waals surface area contributed by atoms with E-state index in [1.165, 1.54) is 0 Å². The number of hydrogen-bond donors (Lipinski definition) is 1. The first-order chi connectivity index (χ1) is 14.2. The Bertz CT molecular complexity index is 897. The molecule has 154 valence electrons. The molecule has 1 N–H and O–H groups in total. The Labute approximate surface area is 171 Å². The van der Waals surface area contributed by atoms with E-state index in [1.807, 2.05) is 21.6 Å². The van der Waals surface area contributed by atoms with Gasteiger partial charge < -0.3 is 19.5 Å². The molecule has 3 heterocycles. The van der Waals surface area contributed by atoms with Crippen LogP contribution in [0.1, 0.15) is 65.3 Å². The third-order valence-electron chi connectivity index (χ3n) is 5.77. The van der Waals surface area contributed by atoms with Crippen molar-refractivity contribution in [2.45, 2.75) is 51.5 Å². The number of likely N-dealkylation sites (tertiary alicyclic amines) is 1. The molecule has 2 aliphatic heterocycles. The number of nitrogens with one attached hydrogen (secondary N) is 1. The Morgan fingerprint density at radius 1 is 1.00 bits per heavy atom. The van der Waals surface area contributed by atoms with Gasteiger partial charge >= 0.3 is 0 Å². The van der Waals surface area contributed by atoms with Crippen molar-refractivity contribution >= 4 is 17.5 Å². The highest BCUT2D eigenvalue weighted by Crippen LogP contribution is 2.26. The lowest BCUT2D eigenvalue weighted by molar-refractivity contribution is 0.0754. The van der Waals surface area contributed by atoms with Gasteiger partial charge in [0.05, 0.1) is 18.5 Å². The van der Waals surface area contributed by atoms with Gasteiger partial charge in [-0.2, -0.15) is 0 Å². The summed E-state index contributed by atoms with van der Waals surface area (Å²) >= 11 is 0. The van der Waals surface area contributed by atoms with Gasteiger partial charge in [-0.05, 0) is 44.2 Å². The standard InChI is InChI=1S/C22H28N4O3/c1-29-18-12-5-4-10-16(18)23-21(27)20-24-19(17-11-6-9-15-26(17)20)22(28)25-13-7-2-3-8-14-25/h4-5,10,12H,2-3,6-9,11,13-15H2,1H3,(H,23,27). The van der Waals surface area contributed by atoms with Crippen molar-refractivity contribution in [2.75, 3.05) is 25.5 Å². The van der Waals surface area contributed by atoms with Gasteiger partial charge in [-0.3, -0.25) is 9.59 Å². The molecule has 1 aromatic carbocycles. The van der Waals surface area contributed by atoms with Crippen LogP contribution in [-0.2, 0) is 13.0 Å². The molecular weight excluding hydrogens is 368 g/mol. The van der Waals surface area contributed by atoms with Crippen molar-refractivity contribution in [3.05, 3.63) is 41.5 Å². The van der Waals surface area contributed by atoms with Gasteiger partial charge in [-0.15, -0.1) is 0 Å². The fourth-order valence-corrected chi connectivity index (χ4v) is 4.24. The number of fused-ring (bicyclic) bond motifs is 1. The lowest BCUT2D eigenvalue weighted by atomic mass is 10.1. The number of amides is 2. The van der Waals surface area contributed by atoms with Crippen molar-refractivity contribution in [3.63, 3.8) is 0 Å². The highest BCUT2D eigenvalue weighted by atomic mass is 16.5. The third-order valence-corrected chi connectivity index (χ3v) is 5.77. The van der Waals surface area contributed by atoms with Crippen molar-refractivity contribution in [1.29, 1.82) is 0 Å². The summed E-state index contributed by atoms with van der Waals surface area (Å²) in [6, 6.07) is 7.28. The zero-order valence-electron chi connectivity index (χ0n) is 16.9. The number of aromatic nitrogens is 2. The number of ether oxygens (including phenoxy) is 1. The van der Waals surface area contributed by atoms with Crippen molar-refractivity contribution < 1.29 is 14.3 Å². The molecule has 0 unspecified atom stereocenters. The molecule has 0 radical (unpaired) electrons. The second-order valence-electron chi connectivity index (χ2n) is 7.70. The summed E-state index contributed by atoms with van der Waals surface area (Å²) in [7, 11) is 1.57. The summed E-state index contributed by atoms with van der Waals surface area (Å²) < 4.78 is 7.26. The van der Waals surface area contributed by atoms with Gasteiger partial charge in [0.15, 0.2) is 5.82 Å². The number of carbonyl (C=O) groups is 2. The molecule has 2 aromatic rings. The number of imidazole rings is 1. The predicted octanol–water partition coefficient (Wildman–Crippen LogP) is 3.50. The van der Waals surface area contributed by atoms with Gasteiger partial charge in [-0.1, -0.05) is 25.0 Å². The molecule has 0 atom stereocenters. The van der Waals surface area contributed by atoms with Crippen LogP contribution in [-0.4, -0.2) is 46.5 Å².